The SMILES string of the molecule is Cc1cccc(C(O)CNCCc2ccc3c(c2)CCC(C)C3)c1. The zero-order valence-corrected chi connectivity index (χ0v) is 14.9. The van der Waals surface area contributed by atoms with Crippen molar-refractivity contribution in [3.63, 3.8) is 0 Å². The molecule has 3 rings (SSSR count). The maximum absolute atomic E-state index is 10.3. The lowest BCUT2D eigenvalue weighted by atomic mass is 9.84. The van der Waals surface area contributed by atoms with Crippen molar-refractivity contribution in [2.75, 3.05) is 13.1 Å². The first-order chi connectivity index (χ1) is 11.6. The Balaban J connectivity index is 1.47. The summed E-state index contributed by atoms with van der Waals surface area (Å²) in [4.78, 5) is 0. The minimum absolute atomic E-state index is 0.435. The highest BCUT2D eigenvalue weighted by atomic mass is 16.3. The summed E-state index contributed by atoms with van der Waals surface area (Å²) in [5.41, 5.74) is 6.67. The Kier molecular flexibility index (Phi) is 5.70. The molecule has 2 N–H and O–H groups in total. The summed E-state index contributed by atoms with van der Waals surface area (Å²) in [6.07, 6.45) is 4.36. The normalized spacial score (nSPS) is 18.2. The fraction of sp³-hybridized carbons (Fsp3) is 0.455. The molecular weight excluding hydrogens is 294 g/mol. The molecule has 2 nitrogen and oxygen atoms in total. The number of aliphatic hydroxyl groups is 1. The largest absolute Gasteiger partial charge is 0.387 e. The van der Waals surface area contributed by atoms with Gasteiger partial charge in [0.05, 0.1) is 6.10 Å². The lowest BCUT2D eigenvalue weighted by molar-refractivity contribution is 0.175. The highest BCUT2D eigenvalue weighted by molar-refractivity contribution is 5.34. The van der Waals surface area contributed by atoms with E-state index in [-0.39, 0.29) is 0 Å². The lowest BCUT2D eigenvalue weighted by Gasteiger charge is -2.22. The Labute approximate surface area is 145 Å². The number of rotatable bonds is 6. The van der Waals surface area contributed by atoms with E-state index in [0.29, 0.717) is 6.54 Å². The van der Waals surface area contributed by atoms with Crippen LogP contribution in [-0.2, 0) is 19.3 Å². The molecule has 0 aliphatic heterocycles. The number of nitrogens with one attached hydrogen (secondary N) is 1. The van der Waals surface area contributed by atoms with Crippen LogP contribution in [0.4, 0.5) is 0 Å². The molecule has 2 unspecified atom stereocenters. The Bertz CT molecular complexity index is 679. The van der Waals surface area contributed by atoms with Gasteiger partial charge in [-0.1, -0.05) is 55.0 Å². The first kappa shape index (κ1) is 17.2. The molecule has 2 aromatic rings. The molecule has 0 bridgehead atoms. The van der Waals surface area contributed by atoms with E-state index in [1.807, 2.05) is 12.1 Å². The van der Waals surface area contributed by atoms with Gasteiger partial charge in [0.1, 0.15) is 0 Å². The van der Waals surface area contributed by atoms with Gasteiger partial charge in [-0.15, -0.1) is 0 Å². The standard InChI is InChI=1S/C22H29NO/c1-16-4-3-5-21(13-16)22(24)15-23-11-10-18-7-9-19-12-17(2)6-8-20(19)14-18/h3-5,7,9,13-14,17,22-24H,6,8,10-12,15H2,1-2H3. The molecule has 0 heterocycles. The number of hydrogen-bond acceptors (Lipinski definition) is 2. The Hall–Kier alpha value is -1.64. The highest BCUT2D eigenvalue weighted by Gasteiger charge is 2.15. The average molecular weight is 323 g/mol. The van der Waals surface area contributed by atoms with Crippen molar-refractivity contribution in [1.82, 2.24) is 5.32 Å². The number of hydrogen-bond donors (Lipinski definition) is 2. The Morgan fingerprint density at radius 2 is 2.04 bits per heavy atom. The van der Waals surface area contributed by atoms with E-state index < -0.39 is 6.10 Å². The molecule has 1 aliphatic rings. The Morgan fingerprint density at radius 3 is 2.88 bits per heavy atom. The van der Waals surface area contributed by atoms with Crippen LogP contribution in [0.25, 0.3) is 0 Å². The van der Waals surface area contributed by atoms with Crippen molar-refractivity contribution >= 4 is 0 Å². The van der Waals surface area contributed by atoms with Crippen molar-refractivity contribution in [2.45, 2.75) is 45.6 Å². The van der Waals surface area contributed by atoms with E-state index in [1.54, 1.807) is 11.1 Å². The molecule has 0 amide bonds. The first-order valence-corrected chi connectivity index (χ1v) is 9.18. The van der Waals surface area contributed by atoms with Crippen LogP contribution in [0, 0.1) is 12.8 Å². The van der Waals surface area contributed by atoms with Gasteiger partial charge in [-0.3, -0.25) is 0 Å². The van der Waals surface area contributed by atoms with Gasteiger partial charge in [0.15, 0.2) is 0 Å². The van der Waals surface area contributed by atoms with Crippen molar-refractivity contribution in [2.24, 2.45) is 5.92 Å². The minimum atomic E-state index is -0.435. The van der Waals surface area contributed by atoms with Gasteiger partial charge in [0.25, 0.3) is 0 Å². The second kappa shape index (κ2) is 7.96. The molecule has 2 heteroatoms. The Morgan fingerprint density at radius 1 is 1.17 bits per heavy atom. The molecule has 0 saturated carbocycles. The average Bonchev–Trinajstić information content (AvgIpc) is 2.58. The number of aliphatic hydroxyl groups excluding tert-OH is 1. The van der Waals surface area contributed by atoms with Gasteiger partial charge >= 0.3 is 0 Å². The third-order valence-corrected chi connectivity index (χ3v) is 5.10. The van der Waals surface area contributed by atoms with E-state index in [9.17, 15) is 5.11 Å². The summed E-state index contributed by atoms with van der Waals surface area (Å²) >= 11 is 0. The van der Waals surface area contributed by atoms with Crippen LogP contribution in [0.2, 0.25) is 0 Å². The van der Waals surface area contributed by atoms with Gasteiger partial charge < -0.3 is 10.4 Å². The summed E-state index contributed by atoms with van der Waals surface area (Å²) < 4.78 is 0. The topological polar surface area (TPSA) is 32.3 Å². The third-order valence-electron chi connectivity index (χ3n) is 5.10. The van der Waals surface area contributed by atoms with E-state index in [1.165, 1.54) is 30.4 Å². The second-order valence-electron chi connectivity index (χ2n) is 7.34. The van der Waals surface area contributed by atoms with Gasteiger partial charge in [-0.2, -0.15) is 0 Å². The van der Waals surface area contributed by atoms with Crippen molar-refractivity contribution < 1.29 is 5.11 Å². The smallest absolute Gasteiger partial charge is 0.0914 e. The summed E-state index contributed by atoms with van der Waals surface area (Å²) in [6, 6.07) is 15.1. The van der Waals surface area contributed by atoms with E-state index in [0.717, 1.165) is 24.4 Å². The second-order valence-corrected chi connectivity index (χ2v) is 7.34. The third kappa shape index (κ3) is 4.46. The lowest BCUT2D eigenvalue weighted by Crippen LogP contribution is -2.24. The summed E-state index contributed by atoms with van der Waals surface area (Å²) in [5.74, 6) is 0.827. The van der Waals surface area contributed by atoms with Crippen LogP contribution in [0.5, 0.6) is 0 Å². The van der Waals surface area contributed by atoms with Crippen LogP contribution in [0.15, 0.2) is 42.5 Å². The molecule has 0 aromatic heterocycles. The van der Waals surface area contributed by atoms with Crippen LogP contribution in [-0.4, -0.2) is 18.2 Å². The predicted octanol–water partition coefficient (Wildman–Crippen LogP) is 3.99. The highest BCUT2D eigenvalue weighted by Crippen LogP contribution is 2.26. The van der Waals surface area contributed by atoms with Gasteiger partial charge in [-0.25, -0.2) is 0 Å². The van der Waals surface area contributed by atoms with E-state index >= 15 is 0 Å². The number of benzene rings is 2. The quantitative estimate of drug-likeness (QED) is 0.788. The molecule has 2 aromatic carbocycles. The van der Waals surface area contributed by atoms with Gasteiger partial charge in [0.2, 0.25) is 0 Å². The van der Waals surface area contributed by atoms with Crippen LogP contribution in [0.1, 0.15) is 47.3 Å². The summed E-state index contributed by atoms with van der Waals surface area (Å²) in [7, 11) is 0. The van der Waals surface area contributed by atoms with E-state index in [2.05, 4.69) is 49.5 Å². The maximum atomic E-state index is 10.3. The van der Waals surface area contributed by atoms with Crippen molar-refractivity contribution in [3.05, 3.63) is 70.3 Å². The molecule has 2 atom stereocenters. The fourth-order valence-electron chi connectivity index (χ4n) is 3.61. The molecule has 0 radical (unpaired) electrons. The maximum Gasteiger partial charge on any atom is 0.0914 e. The number of aryl methyl sites for hydroxylation is 2. The number of fused-ring (bicyclic) bond motifs is 1. The first-order valence-electron chi connectivity index (χ1n) is 9.18. The fourth-order valence-corrected chi connectivity index (χ4v) is 3.61. The molecule has 0 fully saturated rings. The van der Waals surface area contributed by atoms with Crippen LogP contribution >= 0.6 is 0 Å². The molecule has 0 spiro atoms. The van der Waals surface area contributed by atoms with Crippen molar-refractivity contribution in [3.8, 4) is 0 Å². The summed E-state index contributed by atoms with van der Waals surface area (Å²) in [5, 5.41) is 13.7. The molecule has 24 heavy (non-hydrogen) atoms. The van der Waals surface area contributed by atoms with Gasteiger partial charge in [0, 0.05) is 6.54 Å². The molecular formula is C22H29NO. The monoisotopic (exact) mass is 323 g/mol. The van der Waals surface area contributed by atoms with E-state index in [4.69, 9.17) is 0 Å². The van der Waals surface area contributed by atoms with Crippen LogP contribution in [0.3, 0.4) is 0 Å². The summed E-state index contributed by atoms with van der Waals surface area (Å²) in [6.45, 7) is 5.91. The molecule has 1 aliphatic carbocycles. The molecule has 0 saturated heterocycles. The van der Waals surface area contributed by atoms with Crippen LogP contribution < -0.4 is 5.32 Å². The zero-order valence-electron chi connectivity index (χ0n) is 14.9. The minimum Gasteiger partial charge on any atom is -0.387 e. The zero-order chi connectivity index (χ0) is 16.9. The van der Waals surface area contributed by atoms with Gasteiger partial charge in [-0.05, 0) is 67.3 Å². The molecule has 128 valence electrons. The van der Waals surface area contributed by atoms with Crippen molar-refractivity contribution in [1.29, 1.82) is 0 Å². The predicted molar refractivity (Wildman–Crippen MR) is 100 cm³/mol.